The first-order valence-electron chi connectivity index (χ1n) is 8.55. The highest BCUT2D eigenvalue weighted by atomic mass is 16.7. The number of amides is 1. The number of aryl methyl sites for hydroxylation is 1. The van der Waals surface area contributed by atoms with Gasteiger partial charge in [-0.3, -0.25) is 14.5 Å². The number of carbonyl (C=O) groups is 1. The second-order valence-electron chi connectivity index (χ2n) is 6.44. The van der Waals surface area contributed by atoms with E-state index in [-0.39, 0.29) is 18.3 Å². The summed E-state index contributed by atoms with van der Waals surface area (Å²) >= 11 is 0. The van der Waals surface area contributed by atoms with E-state index in [0.717, 1.165) is 36.7 Å². The van der Waals surface area contributed by atoms with E-state index >= 15 is 0 Å². The maximum absolute atomic E-state index is 12.6. The number of aromatic nitrogens is 2. The lowest BCUT2D eigenvalue weighted by molar-refractivity contribution is 0.0620. The number of benzene rings is 1. The summed E-state index contributed by atoms with van der Waals surface area (Å²) in [5.74, 6) is 1.44. The first-order chi connectivity index (χ1) is 12.6. The molecule has 3 heterocycles. The van der Waals surface area contributed by atoms with Crippen LogP contribution in [0.1, 0.15) is 16.1 Å². The Morgan fingerprint density at radius 3 is 2.62 bits per heavy atom. The first kappa shape index (κ1) is 16.6. The van der Waals surface area contributed by atoms with Crippen molar-refractivity contribution in [3.05, 3.63) is 51.9 Å². The van der Waals surface area contributed by atoms with Crippen molar-refractivity contribution in [2.75, 3.05) is 33.0 Å². The Bertz CT molecular complexity index is 887. The van der Waals surface area contributed by atoms with Crippen LogP contribution in [0.15, 0.2) is 35.1 Å². The summed E-state index contributed by atoms with van der Waals surface area (Å²) in [5.41, 5.74) is 1.24. The molecule has 0 saturated carbocycles. The van der Waals surface area contributed by atoms with Crippen molar-refractivity contribution in [3.63, 3.8) is 0 Å². The molecule has 0 radical (unpaired) electrons. The predicted molar refractivity (Wildman–Crippen MR) is 93.2 cm³/mol. The molecule has 26 heavy (non-hydrogen) atoms. The Kier molecular flexibility index (Phi) is 4.34. The number of nitrogens with zero attached hydrogens (tertiary/aromatic N) is 4. The maximum Gasteiger partial charge on any atom is 0.274 e. The van der Waals surface area contributed by atoms with E-state index in [4.69, 9.17) is 9.47 Å². The Morgan fingerprint density at radius 2 is 1.85 bits per heavy atom. The van der Waals surface area contributed by atoms with Crippen LogP contribution < -0.4 is 15.0 Å². The molecule has 2 aliphatic rings. The van der Waals surface area contributed by atoms with Gasteiger partial charge in [-0.1, -0.05) is 6.07 Å². The van der Waals surface area contributed by atoms with Crippen molar-refractivity contribution in [2.45, 2.75) is 6.54 Å². The SMILES string of the molecule is Cn1nc(C(=O)N2CCN(Cc3ccc4c(c3)OCO4)CC2)ccc1=O. The van der Waals surface area contributed by atoms with Crippen molar-refractivity contribution >= 4 is 5.91 Å². The van der Waals surface area contributed by atoms with Crippen LogP contribution in [-0.2, 0) is 13.6 Å². The van der Waals surface area contributed by atoms with E-state index < -0.39 is 0 Å². The lowest BCUT2D eigenvalue weighted by atomic mass is 10.1. The molecule has 1 aromatic heterocycles. The molecule has 0 N–H and O–H groups in total. The minimum Gasteiger partial charge on any atom is -0.454 e. The van der Waals surface area contributed by atoms with E-state index in [1.165, 1.54) is 16.8 Å². The van der Waals surface area contributed by atoms with Crippen molar-refractivity contribution in [1.29, 1.82) is 0 Å². The van der Waals surface area contributed by atoms with E-state index in [1.54, 1.807) is 11.9 Å². The normalized spacial score (nSPS) is 16.7. The summed E-state index contributed by atoms with van der Waals surface area (Å²) in [5, 5.41) is 4.04. The maximum atomic E-state index is 12.6. The summed E-state index contributed by atoms with van der Waals surface area (Å²) in [6.07, 6.45) is 0. The third-order valence-electron chi connectivity index (χ3n) is 4.68. The number of hydrogen-bond donors (Lipinski definition) is 0. The average molecular weight is 356 g/mol. The van der Waals surface area contributed by atoms with Crippen LogP contribution in [0.5, 0.6) is 11.5 Å². The molecule has 2 aromatic rings. The highest BCUT2D eigenvalue weighted by Crippen LogP contribution is 2.32. The molecule has 0 unspecified atom stereocenters. The molecule has 4 rings (SSSR count). The lowest BCUT2D eigenvalue weighted by Gasteiger charge is -2.34. The zero-order chi connectivity index (χ0) is 18.1. The monoisotopic (exact) mass is 356 g/mol. The Morgan fingerprint density at radius 1 is 1.08 bits per heavy atom. The second-order valence-corrected chi connectivity index (χ2v) is 6.44. The van der Waals surface area contributed by atoms with Crippen molar-refractivity contribution in [3.8, 4) is 11.5 Å². The molecule has 0 bridgehead atoms. The van der Waals surface area contributed by atoms with Gasteiger partial charge < -0.3 is 14.4 Å². The topological polar surface area (TPSA) is 76.9 Å². The molecule has 1 fully saturated rings. The second kappa shape index (κ2) is 6.80. The molecule has 0 atom stereocenters. The number of carbonyl (C=O) groups excluding carboxylic acids is 1. The Hall–Kier alpha value is -2.87. The van der Waals surface area contributed by atoms with Gasteiger partial charge in [0.05, 0.1) is 0 Å². The van der Waals surface area contributed by atoms with Crippen LogP contribution in [0.25, 0.3) is 0 Å². The standard InChI is InChI=1S/C18H20N4O4/c1-20-17(23)5-3-14(19-20)18(24)22-8-6-21(7-9-22)11-13-2-4-15-16(10-13)26-12-25-15/h2-5,10H,6-9,11-12H2,1H3. The van der Waals surface area contributed by atoms with Gasteiger partial charge in [0.15, 0.2) is 11.5 Å². The summed E-state index contributed by atoms with van der Waals surface area (Å²) in [7, 11) is 1.54. The minimum atomic E-state index is -0.227. The van der Waals surface area contributed by atoms with Gasteiger partial charge in [-0.2, -0.15) is 5.10 Å². The van der Waals surface area contributed by atoms with Gasteiger partial charge in [0.2, 0.25) is 6.79 Å². The number of fused-ring (bicyclic) bond motifs is 1. The van der Waals surface area contributed by atoms with Gasteiger partial charge in [-0.05, 0) is 23.8 Å². The van der Waals surface area contributed by atoms with Crippen LogP contribution in [0.3, 0.4) is 0 Å². The third kappa shape index (κ3) is 3.28. The van der Waals surface area contributed by atoms with Gasteiger partial charge in [-0.15, -0.1) is 0 Å². The fourth-order valence-corrected chi connectivity index (χ4v) is 3.18. The lowest BCUT2D eigenvalue weighted by Crippen LogP contribution is -2.48. The zero-order valence-electron chi connectivity index (χ0n) is 14.6. The molecule has 1 aromatic carbocycles. The molecule has 1 saturated heterocycles. The van der Waals surface area contributed by atoms with E-state index in [0.29, 0.717) is 18.8 Å². The number of piperazine rings is 1. The summed E-state index contributed by atoms with van der Waals surface area (Å²) in [6, 6.07) is 8.84. The van der Waals surface area contributed by atoms with Crippen LogP contribution in [0.2, 0.25) is 0 Å². The highest BCUT2D eigenvalue weighted by Gasteiger charge is 2.24. The minimum absolute atomic E-state index is 0.136. The van der Waals surface area contributed by atoms with Crippen molar-refractivity contribution in [2.24, 2.45) is 7.05 Å². The summed E-state index contributed by atoms with van der Waals surface area (Å²) < 4.78 is 11.9. The van der Waals surface area contributed by atoms with Crippen molar-refractivity contribution in [1.82, 2.24) is 19.6 Å². The predicted octanol–water partition coefficient (Wildman–Crippen LogP) is 0.467. The number of ether oxygens (including phenoxy) is 2. The fraction of sp³-hybridized carbons (Fsp3) is 0.389. The Labute approximate surface area is 150 Å². The molecule has 2 aliphatic heterocycles. The third-order valence-corrected chi connectivity index (χ3v) is 4.68. The van der Waals surface area contributed by atoms with E-state index in [1.807, 2.05) is 18.2 Å². The van der Waals surface area contributed by atoms with Crippen LogP contribution >= 0.6 is 0 Å². The van der Waals surface area contributed by atoms with Gasteiger partial charge in [-0.25, -0.2) is 4.68 Å². The van der Waals surface area contributed by atoms with Crippen LogP contribution in [-0.4, -0.2) is 58.5 Å². The van der Waals surface area contributed by atoms with Crippen molar-refractivity contribution < 1.29 is 14.3 Å². The van der Waals surface area contributed by atoms with Gasteiger partial charge in [0.25, 0.3) is 11.5 Å². The quantitative estimate of drug-likeness (QED) is 0.796. The van der Waals surface area contributed by atoms with Crippen LogP contribution in [0.4, 0.5) is 0 Å². The van der Waals surface area contributed by atoms with E-state index in [2.05, 4.69) is 10.00 Å². The van der Waals surface area contributed by atoms with Crippen LogP contribution in [0, 0.1) is 0 Å². The zero-order valence-corrected chi connectivity index (χ0v) is 14.6. The molecule has 0 aliphatic carbocycles. The average Bonchev–Trinajstić information content (AvgIpc) is 3.12. The van der Waals surface area contributed by atoms with Gasteiger partial charge in [0, 0.05) is 45.8 Å². The van der Waals surface area contributed by atoms with Gasteiger partial charge >= 0.3 is 0 Å². The molecule has 136 valence electrons. The molecule has 1 amide bonds. The molecule has 0 spiro atoms. The molecular weight excluding hydrogens is 336 g/mol. The smallest absolute Gasteiger partial charge is 0.274 e. The Balaban J connectivity index is 1.35. The number of rotatable bonds is 3. The summed E-state index contributed by atoms with van der Waals surface area (Å²) in [6.45, 7) is 3.91. The summed E-state index contributed by atoms with van der Waals surface area (Å²) in [4.78, 5) is 28.0. The number of hydrogen-bond acceptors (Lipinski definition) is 6. The first-order valence-corrected chi connectivity index (χ1v) is 8.55. The fourth-order valence-electron chi connectivity index (χ4n) is 3.18. The van der Waals surface area contributed by atoms with E-state index in [9.17, 15) is 9.59 Å². The molecular formula is C18H20N4O4. The molecule has 8 heteroatoms. The largest absolute Gasteiger partial charge is 0.454 e. The highest BCUT2D eigenvalue weighted by molar-refractivity contribution is 5.92. The van der Waals surface area contributed by atoms with Gasteiger partial charge in [0.1, 0.15) is 5.69 Å². The molecule has 8 nitrogen and oxygen atoms in total.